The van der Waals surface area contributed by atoms with Gasteiger partial charge in [0.15, 0.2) is 0 Å². The Morgan fingerprint density at radius 1 is 1.22 bits per heavy atom. The molecule has 128 valence electrons. The molecule has 0 aliphatic carbocycles. The van der Waals surface area contributed by atoms with Crippen molar-refractivity contribution >= 4 is 6.08 Å². The second-order valence-corrected chi connectivity index (χ2v) is 8.53. The minimum absolute atomic E-state index is 0.233. The molecule has 0 amide bonds. The van der Waals surface area contributed by atoms with E-state index in [9.17, 15) is 0 Å². The molecule has 0 spiro atoms. The Morgan fingerprint density at radius 3 is 2.43 bits per heavy atom. The van der Waals surface area contributed by atoms with Crippen LogP contribution in [0.5, 0.6) is 0 Å². The summed E-state index contributed by atoms with van der Waals surface area (Å²) in [7, 11) is 0. The molecule has 1 aliphatic rings. The number of likely N-dealkylation sites (tertiary alicyclic amines) is 1. The number of hydrogen-bond donors (Lipinski definition) is 0. The van der Waals surface area contributed by atoms with Crippen molar-refractivity contribution in [2.24, 2.45) is 11.8 Å². The summed E-state index contributed by atoms with van der Waals surface area (Å²) in [5, 5.41) is 0. The van der Waals surface area contributed by atoms with Crippen molar-refractivity contribution in [2.45, 2.75) is 59.8 Å². The van der Waals surface area contributed by atoms with Gasteiger partial charge in [0.2, 0.25) is 0 Å². The van der Waals surface area contributed by atoms with E-state index in [1.165, 1.54) is 42.6 Å². The molecule has 0 bridgehead atoms. The molecule has 1 fully saturated rings. The maximum atomic E-state index is 2.64. The van der Waals surface area contributed by atoms with E-state index >= 15 is 0 Å². The average molecular weight is 314 g/mol. The van der Waals surface area contributed by atoms with Crippen molar-refractivity contribution in [3.8, 4) is 0 Å². The normalized spacial score (nSPS) is 24.0. The fourth-order valence-electron chi connectivity index (χ4n) is 3.66. The monoisotopic (exact) mass is 313 g/mol. The lowest BCUT2D eigenvalue weighted by molar-refractivity contribution is 0.134. The minimum Gasteiger partial charge on any atom is -0.299 e. The number of benzene rings is 1. The van der Waals surface area contributed by atoms with Crippen LogP contribution in [0, 0.1) is 11.8 Å². The Balaban J connectivity index is 1.97. The topological polar surface area (TPSA) is 3.24 Å². The minimum atomic E-state index is 0.233. The van der Waals surface area contributed by atoms with Crippen LogP contribution in [0.4, 0.5) is 0 Å². The van der Waals surface area contributed by atoms with Gasteiger partial charge in [-0.05, 0) is 48.3 Å². The van der Waals surface area contributed by atoms with E-state index in [0.717, 1.165) is 18.4 Å². The molecule has 1 heteroatoms. The van der Waals surface area contributed by atoms with Gasteiger partial charge in [0.05, 0.1) is 0 Å². The van der Waals surface area contributed by atoms with E-state index in [-0.39, 0.29) is 5.41 Å². The lowest BCUT2D eigenvalue weighted by Crippen LogP contribution is -2.40. The van der Waals surface area contributed by atoms with Gasteiger partial charge in [0.25, 0.3) is 0 Å². The Labute approximate surface area is 143 Å². The summed E-state index contributed by atoms with van der Waals surface area (Å²) in [5.41, 5.74) is 4.44. The first-order valence-electron chi connectivity index (χ1n) is 9.29. The van der Waals surface area contributed by atoms with E-state index in [0.29, 0.717) is 0 Å². The van der Waals surface area contributed by atoms with Crippen molar-refractivity contribution in [3.05, 3.63) is 41.0 Å². The molecule has 1 aliphatic heterocycles. The van der Waals surface area contributed by atoms with Crippen LogP contribution in [0.3, 0.4) is 0 Å². The van der Waals surface area contributed by atoms with Crippen LogP contribution in [0.25, 0.3) is 6.08 Å². The highest BCUT2D eigenvalue weighted by Crippen LogP contribution is 2.26. The number of nitrogens with zero attached hydrogens (tertiary/aromatic N) is 1. The van der Waals surface area contributed by atoms with Crippen LogP contribution in [-0.4, -0.2) is 24.5 Å². The highest BCUT2D eigenvalue weighted by molar-refractivity contribution is 5.53. The fourth-order valence-corrected chi connectivity index (χ4v) is 3.66. The first kappa shape index (κ1) is 18.3. The van der Waals surface area contributed by atoms with Gasteiger partial charge >= 0.3 is 0 Å². The number of hydrogen-bond acceptors (Lipinski definition) is 1. The molecule has 1 heterocycles. The van der Waals surface area contributed by atoms with Crippen molar-refractivity contribution < 1.29 is 0 Å². The van der Waals surface area contributed by atoms with Crippen molar-refractivity contribution in [2.75, 3.05) is 19.6 Å². The van der Waals surface area contributed by atoms with Crippen molar-refractivity contribution in [1.29, 1.82) is 0 Å². The largest absolute Gasteiger partial charge is 0.299 e. The van der Waals surface area contributed by atoms with E-state index < -0.39 is 0 Å². The van der Waals surface area contributed by atoms with Gasteiger partial charge in [-0.25, -0.2) is 0 Å². The summed E-state index contributed by atoms with van der Waals surface area (Å²) in [6.45, 7) is 17.5. The van der Waals surface area contributed by atoms with Crippen LogP contribution >= 0.6 is 0 Å². The van der Waals surface area contributed by atoms with Crippen LogP contribution in [0.1, 0.15) is 65.5 Å². The van der Waals surface area contributed by atoms with Gasteiger partial charge in [-0.1, -0.05) is 77.0 Å². The zero-order valence-electron chi connectivity index (χ0n) is 16.0. The molecule has 1 aromatic rings. The first-order chi connectivity index (χ1) is 10.8. The summed E-state index contributed by atoms with van der Waals surface area (Å²) < 4.78 is 0. The van der Waals surface area contributed by atoms with Crippen LogP contribution in [-0.2, 0) is 5.41 Å². The Hall–Kier alpha value is -1.08. The Kier molecular flexibility index (Phi) is 6.08. The van der Waals surface area contributed by atoms with Crippen LogP contribution < -0.4 is 0 Å². The van der Waals surface area contributed by atoms with Gasteiger partial charge < -0.3 is 0 Å². The molecular formula is C22H35N. The molecule has 2 atom stereocenters. The summed E-state index contributed by atoms with van der Waals surface area (Å²) in [6.07, 6.45) is 5.02. The molecule has 23 heavy (non-hydrogen) atoms. The highest BCUT2D eigenvalue weighted by atomic mass is 15.1. The molecule has 0 N–H and O–H groups in total. The summed E-state index contributed by atoms with van der Waals surface area (Å²) >= 11 is 0. The lowest BCUT2D eigenvalue weighted by Gasteiger charge is -2.36. The molecule has 0 saturated carbocycles. The van der Waals surface area contributed by atoms with Crippen LogP contribution in [0.2, 0.25) is 0 Å². The van der Waals surface area contributed by atoms with E-state index in [1.807, 2.05) is 0 Å². The second kappa shape index (κ2) is 7.66. The molecule has 1 nitrogen and oxygen atoms in total. The molecule has 2 rings (SSSR count). The zero-order chi connectivity index (χ0) is 17.0. The molecular weight excluding hydrogens is 278 g/mol. The van der Waals surface area contributed by atoms with E-state index in [4.69, 9.17) is 0 Å². The third-order valence-corrected chi connectivity index (χ3v) is 5.39. The quantitative estimate of drug-likeness (QED) is 0.683. The molecule has 1 aromatic carbocycles. The predicted molar refractivity (Wildman–Crippen MR) is 103 cm³/mol. The maximum Gasteiger partial charge on any atom is 0.0193 e. The second-order valence-electron chi connectivity index (χ2n) is 8.53. The van der Waals surface area contributed by atoms with Gasteiger partial charge in [-0.2, -0.15) is 0 Å². The smallest absolute Gasteiger partial charge is 0.0193 e. The van der Waals surface area contributed by atoms with Crippen molar-refractivity contribution in [3.63, 3.8) is 0 Å². The zero-order valence-corrected chi connectivity index (χ0v) is 16.0. The number of piperidine rings is 1. The molecule has 0 aromatic heterocycles. The first-order valence-corrected chi connectivity index (χ1v) is 9.29. The maximum absolute atomic E-state index is 2.64. The Morgan fingerprint density at radius 2 is 1.87 bits per heavy atom. The predicted octanol–water partition coefficient (Wildman–Crippen LogP) is 5.76. The molecule has 0 radical (unpaired) electrons. The van der Waals surface area contributed by atoms with Gasteiger partial charge in [0, 0.05) is 13.1 Å². The van der Waals surface area contributed by atoms with Gasteiger partial charge in [0.1, 0.15) is 0 Å². The summed E-state index contributed by atoms with van der Waals surface area (Å²) in [5.74, 6) is 1.77. The molecule has 2 unspecified atom stereocenters. The standard InChI is InChI=1S/C22H35N/c1-7-20-16-23(13-12-18(20)3)15-17(2)14-19-8-10-21(11-9-19)22(4,5)6/h8-11,14,18,20H,7,12-13,15-16H2,1-6H3. The lowest BCUT2D eigenvalue weighted by atomic mass is 9.85. The van der Waals surface area contributed by atoms with Gasteiger partial charge in [-0.15, -0.1) is 0 Å². The summed E-state index contributed by atoms with van der Waals surface area (Å²) in [4.78, 5) is 2.64. The van der Waals surface area contributed by atoms with Crippen LogP contribution in [0.15, 0.2) is 29.8 Å². The van der Waals surface area contributed by atoms with Gasteiger partial charge in [-0.3, -0.25) is 4.90 Å². The third-order valence-electron chi connectivity index (χ3n) is 5.39. The fraction of sp³-hybridized carbons (Fsp3) is 0.636. The van der Waals surface area contributed by atoms with E-state index in [2.05, 4.69) is 76.8 Å². The van der Waals surface area contributed by atoms with Crippen molar-refractivity contribution in [1.82, 2.24) is 4.90 Å². The van der Waals surface area contributed by atoms with E-state index in [1.54, 1.807) is 0 Å². The highest BCUT2D eigenvalue weighted by Gasteiger charge is 2.24. The molecule has 1 saturated heterocycles. The third kappa shape index (κ3) is 5.21. The SMILES string of the molecule is CCC1CN(CC(C)=Cc2ccc(C(C)(C)C)cc2)CCC1C. The Bertz CT molecular complexity index is 518. The average Bonchev–Trinajstić information content (AvgIpc) is 2.48. The number of rotatable bonds is 4. The summed E-state index contributed by atoms with van der Waals surface area (Å²) in [6, 6.07) is 9.07.